The minimum absolute atomic E-state index is 0. The van der Waals surface area contributed by atoms with Crippen molar-refractivity contribution < 1.29 is 14.3 Å². The summed E-state index contributed by atoms with van der Waals surface area (Å²) in [5, 5.41) is 8.35. The van der Waals surface area contributed by atoms with Crippen LogP contribution < -0.4 is 0 Å². The van der Waals surface area contributed by atoms with Gasteiger partial charge in [0, 0.05) is 0 Å². The first kappa shape index (κ1) is 10.2. The van der Waals surface area contributed by atoms with E-state index in [1.54, 1.807) is 0 Å². The second-order valence-corrected chi connectivity index (χ2v) is 1.81. The molecule has 0 radical (unpaired) electrons. The third-order valence-corrected chi connectivity index (χ3v) is 1.09. The van der Waals surface area contributed by atoms with Gasteiger partial charge in [0.25, 0.3) is 0 Å². The van der Waals surface area contributed by atoms with Crippen molar-refractivity contribution in [3.63, 3.8) is 0 Å². The van der Waals surface area contributed by atoms with Crippen LogP contribution in [0.5, 0.6) is 0 Å². The molecule has 0 fully saturated rings. The number of aromatic carboxylic acids is 1. The molecule has 0 atom stereocenters. The molecular weight excluding hydrogens is 142 g/mol. The Kier molecular flexibility index (Phi) is 3.87. The van der Waals surface area contributed by atoms with Gasteiger partial charge in [-0.2, -0.15) is 0 Å². The van der Waals surface area contributed by atoms with Gasteiger partial charge in [-0.15, -0.1) is 0 Å². The van der Waals surface area contributed by atoms with Crippen LogP contribution >= 0.6 is 0 Å². The fourth-order valence-corrected chi connectivity index (χ4v) is 0.592. The van der Waals surface area contributed by atoms with Crippen LogP contribution in [0.3, 0.4) is 0 Å². The Bertz CT molecular complexity index is 245. The zero-order chi connectivity index (χ0) is 7.56. The summed E-state index contributed by atoms with van der Waals surface area (Å²) in [6.07, 6.45) is 0. The van der Waals surface area contributed by atoms with Crippen molar-refractivity contribution in [3.8, 4) is 0 Å². The Morgan fingerprint density at radius 3 is 2.09 bits per heavy atom. The number of hydrogen-bond donors (Lipinski definition) is 1. The van der Waals surface area contributed by atoms with E-state index in [9.17, 15) is 9.18 Å². The number of rotatable bonds is 1. The van der Waals surface area contributed by atoms with Gasteiger partial charge < -0.3 is 5.11 Å². The van der Waals surface area contributed by atoms with Crippen molar-refractivity contribution in [3.05, 3.63) is 35.6 Å². The Hall–Kier alpha value is -0.783. The molecule has 1 N–H and O–H groups in total. The fourth-order valence-electron chi connectivity index (χ4n) is 0.592. The number of benzene rings is 1. The molecule has 0 heterocycles. The average Bonchev–Trinajstić information content (AvgIpc) is 1.88. The van der Waals surface area contributed by atoms with Crippen molar-refractivity contribution in [1.29, 1.82) is 0 Å². The van der Waals surface area contributed by atoms with Crippen molar-refractivity contribution >= 4 is 24.8 Å². The molecule has 0 aliphatic rings. The van der Waals surface area contributed by atoms with Crippen LogP contribution in [0.25, 0.3) is 0 Å². The zero-order valence-electron chi connectivity index (χ0n) is 5.04. The second-order valence-electron chi connectivity index (χ2n) is 1.81. The maximum absolute atomic E-state index is 12.2. The van der Waals surface area contributed by atoms with Crippen LogP contribution in [0.15, 0.2) is 24.3 Å². The molecule has 4 heteroatoms. The molecule has 0 unspecified atom stereocenters. The third kappa shape index (κ3) is 2.75. The van der Waals surface area contributed by atoms with E-state index < -0.39 is 11.8 Å². The average molecular weight is 148 g/mol. The van der Waals surface area contributed by atoms with Crippen LogP contribution in [0.2, 0.25) is 0 Å². The Morgan fingerprint density at radius 1 is 1.27 bits per heavy atom. The van der Waals surface area contributed by atoms with Crippen LogP contribution in [0, 0.1) is 5.82 Å². The Balaban J connectivity index is 0.000001000. The molecule has 0 aliphatic carbocycles. The molecule has 0 amide bonds. The van der Waals surface area contributed by atoms with Gasteiger partial charge in [-0.3, -0.25) is 0 Å². The standard InChI is InChI=1S/C7H5FO2.Li.H/c8-6-3-1-5(2-4-6)7(9)10;;/h1-4H,(H,9,10);;. The van der Waals surface area contributed by atoms with Crippen molar-refractivity contribution in [2.24, 2.45) is 0 Å². The first-order valence-corrected chi connectivity index (χ1v) is 2.69. The molecule has 0 spiro atoms. The molecule has 1 aromatic carbocycles. The number of carbonyl (C=O) groups is 1. The van der Waals surface area contributed by atoms with Gasteiger partial charge in [0.2, 0.25) is 0 Å². The van der Waals surface area contributed by atoms with Gasteiger partial charge in [0.15, 0.2) is 0 Å². The normalized spacial score (nSPS) is 8.45. The molecule has 11 heavy (non-hydrogen) atoms. The van der Waals surface area contributed by atoms with E-state index in [2.05, 4.69) is 0 Å². The van der Waals surface area contributed by atoms with Crippen LogP contribution in [0.4, 0.5) is 4.39 Å². The molecule has 2 nitrogen and oxygen atoms in total. The predicted octanol–water partition coefficient (Wildman–Crippen LogP) is 0.875. The first-order chi connectivity index (χ1) is 4.70. The molecule has 0 bridgehead atoms. The second kappa shape index (κ2) is 4.17. The summed E-state index contributed by atoms with van der Waals surface area (Å²) >= 11 is 0. The fraction of sp³-hybridized carbons (Fsp3) is 0. The molecule has 1 rings (SSSR count). The van der Waals surface area contributed by atoms with E-state index in [-0.39, 0.29) is 24.4 Å². The molecule has 0 saturated carbocycles. The topological polar surface area (TPSA) is 37.3 Å². The summed E-state index contributed by atoms with van der Waals surface area (Å²) in [5.74, 6) is -1.47. The van der Waals surface area contributed by atoms with Gasteiger partial charge in [0.1, 0.15) is 5.82 Å². The van der Waals surface area contributed by atoms with Crippen LogP contribution in [0.1, 0.15) is 10.4 Å². The van der Waals surface area contributed by atoms with Gasteiger partial charge in [0.05, 0.1) is 5.56 Å². The Labute approximate surface area is 75.2 Å². The van der Waals surface area contributed by atoms with Gasteiger partial charge in [-0.25, -0.2) is 9.18 Å². The van der Waals surface area contributed by atoms with E-state index in [0.29, 0.717) is 0 Å². The van der Waals surface area contributed by atoms with Crippen LogP contribution in [-0.4, -0.2) is 29.9 Å². The van der Waals surface area contributed by atoms with Crippen molar-refractivity contribution in [2.75, 3.05) is 0 Å². The summed E-state index contributed by atoms with van der Waals surface area (Å²) in [6, 6.07) is 4.67. The summed E-state index contributed by atoms with van der Waals surface area (Å²) < 4.78 is 12.2. The van der Waals surface area contributed by atoms with E-state index in [4.69, 9.17) is 5.11 Å². The monoisotopic (exact) mass is 148 g/mol. The summed E-state index contributed by atoms with van der Waals surface area (Å²) in [4.78, 5) is 10.2. The summed E-state index contributed by atoms with van der Waals surface area (Å²) in [7, 11) is 0. The minimum atomic E-state index is -1.04. The molecule has 0 aliphatic heterocycles. The van der Waals surface area contributed by atoms with Crippen LogP contribution in [-0.2, 0) is 0 Å². The predicted molar refractivity (Wildman–Crippen MR) is 40.5 cm³/mol. The molecular formula is C7H6FLiO2. The first-order valence-electron chi connectivity index (χ1n) is 2.69. The van der Waals surface area contributed by atoms with Crippen molar-refractivity contribution in [1.82, 2.24) is 0 Å². The third-order valence-electron chi connectivity index (χ3n) is 1.09. The maximum atomic E-state index is 12.2. The molecule has 54 valence electrons. The van der Waals surface area contributed by atoms with E-state index >= 15 is 0 Å². The molecule has 0 saturated heterocycles. The number of carboxylic acid groups (broad SMARTS) is 1. The Morgan fingerprint density at radius 2 is 1.73 bits per heavy atom. The SMILES string of the molecule is O=C(O)c1ccc(F)cc1.[LiH]. The van der Waals surface area contributed by atoms with Gasteiger partial charge >= 0.3 is 24.8 Å². The number of hydrogen-bond acceptors (Lipinski definition) is 1. The number of halogens is 1. The van der Waals surface area contributed by atoms with E-state index in [1.165, 1.54) is 12.1 Å². The number of carboxylic acids is 1. The molecule has 1 aromatic rings. The van der Waals surface area contributed by atoms with Gasteiger partial charge in [-0.05, 0) is 24.3 Å². The summed E-state index contributed by atoms with van der Waals surface area (Å²) in [5.41, 5.74) is 0.0985. The molecule has 0 aromatic heterocycles. The quantitative estimate of drug-likeness (QED) is 0.600. The van der Waals surface area contributed by atoms with Crippen molar-refractivity contribution in [2.45, 2.75) is 0 Å². The zero-order valence-corrected chi connectivity index (χ0v) is 5.04. The summed E-state index contributed by atoms with van der Waals surface area (Å²) in [6.45, 7) is 0. The van der Waals surface area contributed by atoms with Gasteiger partial charge in [-0.1, -0.05) is 0 Å². The van der Waals surface area contributed by atoms with E-state index in [0.717, 1.165) is 12.1 Å². The van der Waals surface area contributed by atoms with E-state index in [1.807, 2.05) is 0 Å².